The Kier molecular flexibility index (Phi) is 5.01. The molecule has 1 N–H and O–H groups in total. The molecule has 6 heteroatoms. The fourth-order valence-corrected chi connectivity index (χ4v) is 2.38. The molecule has 1 atom stereocenters. The van der Waals surface area contributed by atoms with E-state index >= 15 is 0 Å². The highest BCUT2D eigenvalue weighted by molar-refractivity contribution is 5.68. The van der Waals surface area contributed by atoms with Gasteiger partial charge in [-0.1, -0.05) is 6.07 Å². The highest BCUT2D eigenvalue weighted by Crippen LogP contribution is 2.24. The number of amides is 1. The number of halogens is 1. The zero-order chi connectivity index (χ0) is 15.4. The van der Waals surface area contributed by atoms with E-state index in [2.05, 4.69) is 0 Å². The molecule has 0 radical (unpaired) electrons. The van der Waals surface area contributed by atoms with Gasteiger partial charge in [-0.25, -0.2) is 9.18 Å². The Bertz CT molecular complexity index is 500. The Morgan fingerprint density at radius 3 is 2.57 bits per heavy atom. The second kappa shape index (κ2) is 6.76. The summed E-state index contributed by atoms with van der Waals surface area (Å²) in [6, 6.07) is 4.76. The largest absolute Gasteiger partial charge is 0.450 e. The van der Waals surface area contributed by atoms with Crippen LogP contribution in [0.25, 0.3) is 0 Å². The molecule has 0 bridgehead atoms. The number of anilines is 1. The number of rotatable bonds is 3. The molecule has 0 saturated carbocycles. The van der Waals surface area contributed by atoms with E-state index in [0.717, 1.165) is 0 Å². The van der Waals surface area contributed by atoms with Crippen molar-refractivity contribution >= 4 is 11.8 Å². The summed E-state index contributed by atoms with van der Waals surface area (Å²) in [4.78, 5) is 15.1. The molecule has 5 nitrogen and oxygen atoms in total. The monoisotopic (exact) mass is 296 g/mol. The number of nitrogens with zero attached hydrogens (tertiary/aromatic N) is 2. The van der Waals surface area contributed by atoms with Gasteiger partial charge in [0.1, 0.15) is 5.82 Å². The minimum atomic E-state index is -0.686. The Labute approximate surface area is 123 Å². The molecule has 1 aromatic carbocycles. The molecule has 1 unspecified atom stereocenters. The molecule has 21 heavy (non-hydrogen) atoms. The zero-order valence-electron chi connectivity index (χ0n) is 12.4. The summed E-state index contributed by atoms with van der Waals surface area (Å²) in [5.41, 5.74) is 1.06. The lowest BCUT2D eigenvalue weighted by Crippen LogP contribution is -2.49. The van der Waals surface area contributed by atoms with Crippen molar-refractivity contribution in [3.05, 3.63) is 29.6 Å². The summed E-state index contributed by atoms with van der Waals surface area (Å²) >= 11 is 0. The van der Waals surface area contributed by atoms with Crippen LogP contribution >= 0.6 is 0 Å². The summed E-state index contributed by atoms with van der Waals surface area (Å²) in [6.45, 7) is 5.87. The number of benzene rings is 1. The van der Waals surface area contributed by atoms with Crippen LogP contribution < -0.4 is 4.90 Å². The van der Waals surface area contributed by atoms with Crippen molar-refractivity contribution in [2.75, 3.05) is 37.7 Å². The minimum Gasteiger partial charge on any atom is -0.450 e. The van der Waals surface area contributed by atoms with E-state index in [9.17, 15) is 14.3 Å². The average molecular weight is 296 g/mol. The van der Waals surface area contributed by atoms with Crippen LogP contribution in [0.4, 0.5) is 14.9 Å². The molecule has 2 rings (SSSR count). The molecule has 1 saturated heterocycles. The number of piperazine rings is 1. The van der Waals surface area contributed by atoms with Crippen LogP contribution in [-0.2, 0) is 4.74 Å². The molecule has 0 spiro atoms. The summed E-state index contributed by atoms with van der Waals surface area (Å²) in [5.74, 6) is -0.349. The van der Waals surface area contributed by atoms with Gasteiger partial charge in [0.05, 0.1) is 18.4 Å². The van der Waals surface area contributed by atoms with E-state index in [1.807, 2.05) is 4.90 Å². The predicted octanol–water partition coefficient (Wildman–Crippen LogP) is 2.16. The average Bonchev–Trinajstić information content (AvgIpc) is 2.47. The maximum absolute atomic E-state index is 14.1. The lowest BCUT2D eigenvalue weighted by Gasteiger charge is -2.35. The summed E-state index contributed by atoms with van der Waals surface area (Å²) in [5, 5.41) is 9.46. The van der Waals surface area contributed by atoms with Crippen molar-refractivity contribution in [2.24, 2.45) is 0 Å². The molecular weight excluding hydrogens is 275 g/mol. The van der Waals surface area contributed by atoms with Crippen molar-refractivity contribution in [3.8, 4) is 0 Å². The molecule has 0 aliphatic carbocycles. The van der Waals surface area contributed by atoms with Crippen molar-refractivity contribution < 1.29 is 19.0 Å². The van der Waals surface area contributed by atoms with E-state index in [-0.39, 0.29) is 11.9 Å². The van der Waals surface area contributed by atoms with E-state index in [4.69, 9.17) is 4.74 Å². The Morgan fingerprint density at radius 2 is 2.05 bits per heavy atom. The van der Waals surface area contributed by atoms with E-state index in [1.54, 1.807) is 30.9 Å². The smallest absolute Gasteiger partial charge is 0.409 e. The summed E-state index contributed by atoms with van der Waals surface area (Å²) in [7, 11) is 0. The van der Waals surface area contributed by atoms with Gasteiger partial charge >= 0.3 is 6.09 Å². The van der Waals surface area contributed by atoms with Gasteiger partial charge in [0.25, 0.3) is 0 Å². The lowest BCUT2D eigenvalue weighted by molar-refractivity contribution is 0.105. The van der Waals surface area contributed by atoms with Crippen LogP contribution in [0.3, 0.4) is 0 Å². The first-order valence-electron chi connectivity index (χ1n) is 7.17. The number of ether oxygens (including phenoxy) is 1. The van der Waals surface area contributed by atoms with Crippen molar-refractivity contribution in [1.29, 1.82) is 0 Å². The number of carbonyl (C=O) groups is 1. The van der Waals surface area contributed by atoms with Gasteiger partial charge in [-0.05, 0) is 31.5 Å². The molecule has 1 amide bonds. The van der Waals surface area contributed by atoms with Gasteiger partial charge in [0.2, 0.25) is 0 Å². The maximum Gasteiger partial charge on any atom is 0.409 e. The van der Waals surface area contributed by atoms with Gasteiger partial charge in [-0.15, -0.1) is 0 Å². The second-order valence-electron chi connectivity index (χ2n) is 5.06. The van der Waals surface area contributed by atoms with Gasteiger partial charge < -0.3 is 19.6 Å². The topological polar surface area (TPSA) is 53.0 Å². The Balaban J connectivity index is 2.01. The van der Waals surface area contributed by atoms with Gasteiger partial charge in [0, 0.05) is 26.2 Å². The summed E-state index contributed by atoms with van der Waals surface area (Å²) in [6.07, 6.45) is -1.00. The number of hydrogen-bond acceptors (Lipinski definition) is 4. The van der Waals surface area contributed by atoms with Gasteiger partial charge in [-0.2, -0.15) is 0 Å². The van der Waals surface area contributed by atoms with E-state index < -0.39 is 6.10 Å². The van der Waals surface area contributed by atoms with Crippen LogP contribution in [0.5, 0.6) is 0 Å². The second-order valence-corrected chi connectivity index (χ2v) is 5.06. The first kappa shape index (κ1) is 15.6. The van der Waals surface area contributed by atoms with Gasteiger partial charge in [-0.3, -0.25) is 0 Å². The SMILES string of the molecule is CCOC(=O)N1CCN(c2ccc(C(C)O)cc2F)CC1. The molecule has 1 aliphatic rings. The normalized spacial score (nSPS) is 16.8. The molecule has 1 aliphatic heterocycles. The summed E-state index contributed by atoms with van der Waals surface area (Å²) < 4.78 is 19.1. The molecular formula is C15H21FN2O3. The van der Waals surface area contributed by atoms with Gasteiger partial charge in [0.15, 0.2) is 0 Å². The quantitative estimate of drug-likeness (QED) is 0.928. The minimum absolute atomic E-state index is 0.318. The maximum atomic E-state index is 14.1. The highest BCUT2D eigenvalue weighted by Gasteiger charge is 2.23. The molecule has 1 fully saturated rings. The molecule has 1 heterocycles. The van der Waals surface area contributed by atoms with Crippen LogP contribution in [0.2, 0.25) is 0 Å². The van der Waals surface area contributed by atoms with Crippen LogP contribution in [0, 0.1) is 5.82 Å². The third-order valence-electron chi connectivity index (χ3n) is 3.60. The lowest BCUT2D eigenvalue weighted by atomic mass is 10.1. The first-order valence-corrected chi connectivity index (χ1v) is 7.17. The number of carbonyl (C=O) groups excluding carboxylic acids is 1. The van der Waals surface area contributed by atoms with Crippen molar-refractivity contribution in [3.63, 3.8) is 0 Å². The fourth-order valence-electron chi connectivity index (χ4n) is 2.38. The standard InChI is InChI=1S/C15H21FN2O3/c1-3-21-15(20)18-8-6-17(7-9-18)14-5-4-12(11(2)19)10-13(14)16/h4-5,10-11,19H,3,6-9H2,1-2H3. The first-order chi connectivity index (χ1) is 10.0. The third-order valence-corrected chi connectivity index (χ3v) is 3.60. The number of aliphatic hydroxyl groups excluding tert-OH is 1. The zero-order valence-corrected chi connectivity index (χ0v) is 12.4. The van der Waals surface area contributed by atoms with Crippen molar-refractivity contribution in [2.45, 2.75) is 20.0 Å². The number of hydrogen-bond donors (Lipinski definition) is 1. The third kappa shape index (κ3) is 3.64. The van der Waals surface area contributed by atoms with Crippen LogP contribution in [0.1, 0.15) is 25.5 Å². The fraction of sp³-hybridized carbons (Fsp3) is 0.533. The Hall–Kier alpha value is -1.82. The van der Waals surface area contributed by atoms with Crippen LogP contribution in [-0.4, -0.2) is 48.9 Å². The molecule has 116 valence electrons. The predicted molar refractivity (Wildman–Crippen MR) is 77.8 cm³/mol. The highest BCUT2D eigenvalue weighted by atomic mass is 19.1. The molecule has 0 aromatic heterocycles. The van der Waals surface area contributed by atoms with Crippen LogP contribution in [0.15, 0.2) is 18.2 Å². The van der Waals surface area contributed by atoms with Crippen molar-refractivity contribution in [1.82, 2.24) is 4.90 Å². The molecule has 1 aromatic rings. The number of aliphatic hydroxyl groups is 1. The van der Waals surface area contributed by atoms with E-state index in [1.165, 1.54) is 6.07 Å². The van der Waals surface area contributed by atoms with E-state index in [0.29, 0.717) is 44.0 Å². The Morgan fingerprint density at radius 1 is 1.38 bits per heavy atom.